The average molecular weight is 576 g/mol. The van der Waals surface area contributed by atoms with Gasteiger partial charge < -0.3 is 24.3 Å². The van der Waals surface area contributed by atoms with Gasteiger partial charge in [-0.05, 0) is 50.4 Å². The van der Waals surface area contributed by atoms with E-state index in [0.29, 0.717) is 44.2 Å². The molecule has 1 aromatic heterocycles. The summed E-state index contributed by atoms with van der Waals surface area (Å²) in [7, 11) is 2.11. The van der Waals surface area contributed by atoms with Crippen molar-refractivity contribution < 1.29 is 9.53 Å². The maximum Gasteiger partial charge on any atom is 0.246 e. The number of likely N-dealkylation sites (tertiary alicyclic amines) is 1. The van der Waals surface area contributed by atoms with Gasteiger partial charge in [-0.3, -0.25) is 4.79 Å². The van der Waals surface area contributed by atoms with Crippen LogP contribution in [0.5, 0.6) is 5.88 Å². The maximum absolute atomic E-state index is 12.6. The van der Waals surface area contributed by atoms with Gasteiger partial charge in [0, 0.05) is 61.0 Å². The first kappa shape index (κ1) is 28.5. The minimum Gasteiger partial charge on any atom is -0.475 e. The number of carbonyl (C=O) groups excluding carboxylic acids is 1. The quantitative estimate of drug-likeness (QED) is 0.386. The van der Waals surface area contributed by atoms with E-state index in [0.717, 1.165) is 55.0 Å². The van der Waals surface area contributed by atoms with Gasteiger partial charge in [0.25, 0.3) is 0 Å². The predicted molar refractivity (Wildman–Crippen MR) is 167 cm³/mol. The number of amides is 1. The van der Waals surface area contributed by atoms with E-state index in [2.05, 4.69) is 82.9 Å². The minimum atomic E-state index is -0.273. The van der Waals surface area contributed by atoms with E-state index in [1.165, 1.54) is 16.8 Å². The first-order valence-electron chi connectivity index (χ1n) is 15.1. The summed E-state index contributed by atoms with van der Waals surface area (Å²) in [6.07, 6.45) is 4.44. The van der Waals surface area contributed by atoms with Gasteiger partial charge >= 0.3 is 0 Å². The summed E-state index contributed by atoms with van der Waals surface area (Å²) < 4.78 is 6.39. The normalized spacial score (nSPS) is 20.4. The fraction of sp³-hybridized carbons (Fsp3) is 0.412. The molecule has 9 heteroatoms. The molecule has 2 atom stereocenters. The lowest BCUT2D eigenvalue weighted by molar-refractivity contribution is -0.128. The van der Waals surface area contributed by atoms with Gasteiger partial charge in [0.2, 0.25) is 11.8 Å². The lowest BCUT2D eigenvalue weighted by Crippen LogP contribution is -2.55. The number of hydrogen-bond acceptors (Lipinski definition) is 8. The fourth-order valence-electron chi connectivity index (χ4n) is 6.86. The van der Waals surface area contributed by atoms with Crippen molar-refractivity contribution in [1.29, 1.82) is 10.5 Å². The monoisotopic (exact) mass is 575 g/mol. The number of nitriles is 2. The molecule has 1 amide bonds. The Hall–Kier alpha value is -4.60. The molecule has 0 N–H and O–H groups in total. The number of fused-ring (bicyclic) bond motifs is 2. The molecule has 0 radical (unpaired) electrons. The number of piperazine rings is 1. The molecule has 2 unspecified atom stereocenters. The Labute approximate surface area is 253 Å². The third kappa shape index (κ3) is 5.49. The highest BCUT2D eigenvalue weighted by Crippen LogP contribution is 2.38. The number of aromatic nitrogens is 1. The minimum absolute atomic E-state index is 0.162. The van der Waals surface area contributed by atoms with E-state index < -0.39 is 0 Å². The van der Waals surface area contributed by atoms with Crippen LogP contribution in [0.4, 0.5) is 11.5 Å². The molecule has 3 aromatic rings. The summed E-state index contributed by atoms with van der Waals surface area (Å²) in [5.74, 6) is 1.01. The van der Waals surface area contributed by atoms with Crippen LogP contribution < -0.4 is 14.5 Å². The van der Waals surface area contributed by atoms with Crippen LogP contribution in [0.25, 0.3) is 10.8 Å². The molecule has 2 fully saturated rings. The number of pyridine rings is 1. The topological polar surface area (TPSA) is 99.7 Å². The van der Waals surface area contributed by atoms with Crippen LogP contribution >= 0.6 is 0 Å². The van der Waals surface area contributed by atoms with E-state index in [4.69, 9.17) is 9.72 Å². The lowest BCUT2D eigenvalue weighted by Gasteiger charge is -2.42. The third-order valence-electron chi connectivity index (χ3n) is 9.21. The number of anilines is 2. The first-order valence-corrected chi connectivity index (χ1v) is 15.1. The Morgan fingerprint density at radius 1 is 1.07 bits per heavy atom. The highest BCUT2D eigenvalue weighted by molar-refractivity contribution is 5.94. The Bertz CT molecular complexity index is 1620. The molecule has 2 saturated heterocycles. The van der Waals surface area contributed by atoms with E-state index in [-0.39, 0.29) is 24.4 Å². The number of likely N-dealkylation sites (N-methyl/N-ethyl adjacent to an activating group) is 1. The standard InChI is InChI=1S/C34H37N7O2/c1-3-32(42)41-19-18-40(21-25(41)13-15-35)33-28-14-17-39(31-12-6-9-24-8-4-5-11-27(24)31)22-30(28)29(20-36)34(37-33)43-23-26-10-7-16-38(26)2/h3-6,8-9,11-12,25-26H,1,7,10,13-14,16-19,21-23H2,2H3. The molecule has 0 spiro atoms. The number of rotatable bonds is 7. The zero-order valence-corrected chi connectivity index (χ0v) is 24.7. The number of benzene rings is 2. The zero-order valence-electron chi connectivity index (χ0n) is 24.7. The molecule has 0 saturated carbocycles. The molecular formula is C34H37N7O2. The SMILES string of the molecule is C=CC(=O)N1CCN(c2nc(OCC3CCCN3C)c(C#N)c3c2CCN(c2cccc4ccccc24)C3)CC1CC#N. The van der Waals surface area contributed by atoms with Crippen molar-refractivity contribution in [3.63, 3.8) is 0 Å². The molecule has 4 heterocycles. The van der Waals surface area contributed by atoms with Gasteiger partial charge in [0.15, 0.2) is 0 Å². The van der Waals surface area contributed by atoms with Crippen molar-refractivity contribution in [1.82, 2.24) is 14.8 Å². The van der Waals surface area contributed by atoms with Crippen molar-refractivity contribution in [2.75, 3.05) is 56.2 Å². The Kier molecular flexibility index (Phi) is 8.18. The number of ether oxygens (including phenoxy) is 1. The second kappa shape index (κ2) is 12.3. The van der Waals surface area contributed by atoms with E-state index >= 15 is 0 Å². The molecule has 0 bridgehead atoms. The zero-order chi connectivity index (χ0) is 29.9. The van der Waals surface area contributed by atoms with Gasteiger partial charge in [-0.15, -0.1) is 0 Å². The van der Waals surface area contributed by atoms with Crippen LogP contribution in [0, 0.1) is 22.7 Å². The molecule has 2 aromatic carbocycles. The van der Waals surface area contributed by atoms with Crippen LogP contribution in [0.3, 0.4) is 0 Å². The first-order chi connectivity index (χ1) is 21.0. The number of hydrogen-bond donors (Lipinski definition) is 0. The second-order valence-corrected chi connectivity index (χ2v) is 11.6. The second-order valence-electron chi connectivity index (χ2n) is 11.6. The van der Waals surface area contributed by atoms with Crippen molar-refractivity contribution >= 4 is 28.2 Å². The average Bonchev–Trinajstić information content (AvgIpc) is 3.46. The smallest absolute Gasteiger partial charge is 0.246 e. The van der Waals surface area contributed by atoms with Crippen LogP contribution in [0.15, 0.2) is 55.1 Å². The highest BCUT2D eigenvalue weighted by Gasteiger charge is 2.35. The molecule has 0 aliphatic carbocycles. The van der Waals surface area contributed by atoms with Crippen molar-refractivity contribution in [3.8, 4) is 18.0 Å². The highest BCUT2D eigenvalue weighted by atomic mass is 16.5. The molecule has 9 nitrogen and oxygen atoms in total. The summed E-state index contributed by atoms with van der Waals surface area (Å²) in [5, 5.41) is 22.4. The van der Waals surface area contributed by atoms with Gasteiger partial charge in [-0.2, -0.15) is 15.5 Å². The number of nitrogens with zero attached hydrogens (tertiary/aromatic N) is 7. The van der Waals surface area contributed by atoms with Gasteiger partial charge in [0.05, 0.1) is 18.5 Å². The molecule has 6 rings (SSSR count). The Morgan fingerprint density at radius 3 is 2.67 bits per heavy atom. The maximum atomic E-state index is 12.6. The number of carbonyl (C=O) groups is 1. The van der Waals surface area contributed by atoms with E-state index in [9.17, 15) is 15.3 Å². The van der Waals surface area contributed by atoms with E-state index in [1.807, 2.05) is 0 Å². The summed E-state index contributed by atoms with van der Waals surface area (Å²) in [6, 6.07) is 19.5. The van der Waals surface area contributed by atoms with Gasteiger partial charge in [-0.1, -0.05) is 43.0 Å². The lowest BCUT2D eigenvalue weighted by atomic mass is 9.94. The van der Waals surface area contributed by atoms with Crippen LogP contribution in [-0.2, 0) is 17.8 Å². The van der Waals surface area contributed by atoms with Crippen molar-refractivity contribution in [2.24, 2.45) is 0 Å². The summed E-state index contributed by atoms with van der Waals surface area (Å²) >= 11 is 0. The largest absolute Gasteiger partial charge is 0.475 e. The Balaban J connectivity index is 1.39. The molecule has 3 aliphatic rings. The summed E-state index contributed by atoms with van der Waals surface area (Å²) in [6.45, 7) is 8.04. The van der Waals surface area contributed by atoms with Crippen LogP contribution in [-0.4, -0.2) is 79.2 Å². The summed E-state index contributed by atoms with van der Waals surface area (Å²) in [5.41, 5.74) is 3.64. The molecule has 220 valence electrons. The van der Waals surface area contributed by atoms with Gasteiger partial charge in [-0.25, -0.2) is 0 Å². The van der Waals surface area contributed by atoms with Crippen LogP contribution in [0.2, 0.25) is 0 Å². The molecule has 43 heavy (non-hydrogen) atoms. The predicted octanol–water partition coefficient (Wildman–Crippen LogP) is 4.26. The van der Waals surface area contributed by atoms with Gasteiger partial charge in [0.1, 0.15) is 24.1 Å². The van der Waals surface area contributed by atoms with Crippen molar-refractivity contribution in [2.45, 2.75) is 44.3 Å². The fourth-order valence-corrected chi connectivity index (χ4v) is 6.86. The van der Waals surface area contributed by atoms with Crippen molar-refractivity contribution in [3.05, 3.63) is 71.8 Å². The molecular weight excluding hydrogens is 538 g/mol. The third-order valence-corrected chi connectivity index (χ3v) is 9.21. The summed E-state index contributed by atoms with van der Waals surface area (Å²) in [4.78, 5) is 26.2. The molecule has 3 aliphatic heterocycles. The van der Waals surface area contributed by atoms with Crippen LogP contribution in [0.1, 0.15) is 36.0 Å². The van der Waals surface area contributed by atoms with E-state index in [1.54, 1.807) is 4.90 Å². The Morgan fingerprint density at radius 2 is 1.91 bits per heavy atom.